The number of thiophene rings is 1. The molecule has 82 valence electrons. The van der Waals surface area contributed by atoms with Crippen LogP contribution < -0.4 is 0 Å². The first-order valence-corrected chi connectivity index (χ1v) is 6.20. The molecule has 2 aromatic rings. The minimum atomic E-state index is 0.438. The van der Waals surface area contributed by atoms with Crippen molar-refractivity contribution in [1.29, 1.82) is 0 Å². The Kier molecular flexibility index (Phi) is 3.12. The molecule has 16 heavy (non-hydrogen) atoms. The molecule has 0 aliphatic rings. The molecule has 0 N–H and O–H groups in total. The van der Waals surface area contributed by atoms with Crippen LogP contribution in [0.3, 0.4) is 0 Å². The van der Waals surface area contributed by atoms with E-state index in [1.165, 1.54) is 11.3 Å². The van der Waals surface area contributed by atoms with E-state index in [1.54, 1.807) is 11.3 Å². The van der Waals surface area contributed by atoms with Gasteiger partial charge in [-0.3, -0.25) is 4.68 Å². The topological polar surface area (TPSA) is 17.8 Å². The van der Waals surface area contributed by atoms with Crippen molar-refractivity contribution in [3.05, 3.63) is 28.6 Å². The Bertz CT molecular complexity index is 501. The van der Waals surface area contributed by atoms with Gasteiger partial charge in [0.15, 0.2) is 0 Å². The molecule has 0 aliphatic heterocycles. The maximum absolute atomic E-state index is 5.35. The van der Waals surface area contributed by atoms with Gasteiger partial charge in [-0.05, 0) is 23.4 Å². The van der Waals surface area contributed by atoms with Crippen molar-refractivity contribution in [3.63, 3.8) is 0 Å². The molecule has 0 radical (unpaired) electrons. The average molecular weight is 230 g/mol. The zero-order valence-corrected chi connectivity index (χ0v) is 10.3. The maximum atomic E-state index is 5.35. The molecule has 0 aromatic carbocycles. The summed E-state index contributed by atoms with van der Waals surface area (Å²) in [6.07, 6.45) is 5.35. The Balaban J connectivity index is 2.43. The van der Waals surface area contributed by atoms with Gasteiger partial charge in [-0.25, -0.2) is 0 Å². The minimum absolute atomic E-state index is 0.438. The zero-order chi connectivity index (χ0) is 11.5. The monoisotopic (exact) mass is 230 g/mol. The van der Waals surface area contributed by atoms with E-state index in [-0.39, 0.29) is 0 Å². The minimum Gasteiger partial charge on any atom is -0.257 e. The van der Waals surface area contributed by atoms with E-state index in [0.29, 0.717) is 12.5 Å². The molecule has 0 bridgehead atoms. The third-order valence-electron chi connectivity index (χ3n) is 2.46. The zero-order valence-electron chi connectivity index (χ0n) is 9.47. The van der Waals surface area contributed by atoms with E-state index in [4.69, 9.17) is 6.42 Å². The first-order chi connectivity index (χ1) is 7.72. The lowest BCUT2D eigenvalue weighted by molar-refractivity contribution is 0.637. The van der Waals surface area contributed by atoms with Crippen LogP contribution in [0.1, 0.15) is 25.5 Å². The fourth-order valence-electron chi connectivity index (χ4n) is 1.66. The second-order valence-electron chi connectivity index (χ2n) is 3.98. The van der Waals surface area contributed by atoms with Crippen molar-refractivity contribution >= 4 is 11.3 Å². The summed E-state index contributed by atoms with van der Waals surface area (Å²) in [6, 6.07) is 4.21. The summed E-state index contributed by atoms with van der Waals surface area (Å²) in [5.74, 6) is 3.08. The highest BCUT2D eigenvalue weighted by Crippen LogP contribution is 2.25. The highest BCUT2D eigenvalue weighted by molar-refractivity contribution is 7.08. The Morgan fingerprint density at radius 1 is 1.56 bits per heavy atom. The standard InChI is InChI=1S/C13H14N2S/c1-4-6-15-13(10(2)3)8-12(14-15)11-5-7-16-9-11/h1,5,7-10H,6H2,2-3H3. The molecule has 0 fully saturated rings. The molecule has 0 unspecified atom stereocenters. The summed E-state index contributed by atoms with van der Waals surface area (Å²) >= 11 is 1.68. The van der Waals surface area contributed by atoms with Gasteiger partial charge in [-0.15, -0.1) is 6.42 Å². The van der Waals surface area contributed by atoms with Crippen molar-refractivity contribution in [1.82, 2.24) is 9.78 Å². The normalized spacial score (nSPS) is 10.6. The smallest absolute Gasteiger partial charge is 0.102 e. The molecule has 2 heterocycles. The Labute approximate surface area is 99.9 Å². The van der Waals surface area contributed by atoms with Crippen molar-refractivity contribution < 1.29 is 0 Å². The highest BCUT2D eigenvalue weighted by Gasteiger charge is 2.11. The molecular formula is C13H14N2S. The third kappa shape index (κ3) is 2.02. The molecule has 2 aromatic heterocycles. The SMILES string of the molecule is C#CCn1nc(-c2ccsc2)cc1C(C)C. The maximum Gasteiger partial charge on any atom is 0.102 e. The van der Waals surface area contributed by atoms with Crippen LogP contribution in [-0.4, -0.2) is 9.78 Å². The van der Waals surface area contributed by atoms with Crippen molar-refractivity contribution in [2.75, 3.05) is 0 Å². The molecule has 0 spiro atoms. The van der Waals surface area contributed by atoms with Gasteiger partial charge < -0.3 is 0 Å². The summed E-state index contributed by atoms with van der Waals surface area (Å²) in [5, 5.41) is 8.71. The second-order valence-corrected chi connectivity index (χ2v) is 4.76. The van der Waals surface area contributed by atoms with Crippen LogP contribution in [0.4, 0.5) is 0 Å². The molecule has 2 rings (SSSR count). The molecule has 0 atom stereocenters. The van der Waals surface area contributed by atoms with Gasteiger partial charge in [-0.2, -0.15) is 16.4 Å². The molecular weight excluding hydrogens is 216 g/mol. The molecule has 3 heteroatoms. The Morgan fingerprint density at radius 3 is 2.94 bits per heavy atom. The van der Waals surface area contributed by atoms with Gasteiger partial charge in [0.25, 0.3) is 0 Å². The number of hydrogen-bond acceptors (Lipinski definition) is 2. The summed E-state index contributed by atoms with van der Waals surface area (Å²) in [7, 11) is 0. The summed E-state index contributed by atoms with van der Waals surface area (Å²) in [4.78, 5) is 0. The molecule has 0 saturated carbocycles. The summed E-state index contributed by atoms with van der Waals surface area (Å²) in [5.41, 5.74) is 3.38. The fraction of sp³-hybridized carbons (Fsp3) is 0.308. The number of terminal acetylenes is 1. The van der Waals surface area contributed by atoms with Crippen LogP contribution >= 0.6 is 11.3 Å². The van der Waals surface area contributed by atoms with E-state index in [9.17, 15) is 0 Å². The van der Waals surface area contributed by atoms with Crippen LogP contribution in [-0.2, 0) is 6.54 Å². The quantitative estimate of drug-likeness (QED) is 0.739. The second kappa shape index (κ2) is 4.54. The lowest BCUT2D eigenvalue weighted by Gasteiger charge is -2.05. The first-order valence-electron chi connectivity index (χ1n) is 5.26. The lowest BCUT2D eigenvalue weighted by atomic mass is 10.1. The third-order valence-corrected chi connectivity index (χ3v) is 3.14. The lowest BCUT2D eigenvalue weighted by Crippen LogP contribution is -2.04. The van der Waals surface area contributed by atoms with E-state index in [1.807, 2.05) is 4.68 Å². The van der Waals surface area contributed by atoms with Crippen LogP contribution in [0.5, 0.6) is 0 Å². The van der Waals surface area contributed by atoms with Gasteiger partial charge in [0.1, 0.15) is 6.54 Å². The van der Waals surface area contributed by atoms with E-state index < -0.39 is 0 Å². The van der Waals surface area contributed by atoms with Gasteiger partial charge in [0, 0.05) is 16.6 Å². The predicted molar refractivity (Wildman–Crippen MR) is 68.5 cm³/mol. The summed E-state index contributed by atoms with van der Waals surface area (Å²) < 4.78 is 1.91. The summed E-state index contributed by atoms with van der Waals surface area (Å²) in [6.45, 7) is 4.85. The van der Waals surface area contributed by atoms with Crippen LogP contribution in [0.25, 0.3) is 11.3 Å². The van der Waals surface area contributed by atoms with Crippen molar-refractivity contribution in [2.24, 2.45) is 0 Å². The van der Waals surface area contributed by atoms with Gasteiger partial charge in [0.2, 0.25) is 0 Å². The molecule has 0 aliphatic carbocycles. The van der Waals surface area contributed by atoms with E-state index in [2.05, 4.69) is 47.8 Å². The van der Waals surface area contributed by atoms with E-state index >= 15 is 0 Å². The molecule has 0 amide bonds. The Hall–Kier alpha value is -1.53. The van der Waals surface area contributed by atoms with E-state index in [0.717, 1.165) is 5.69 Å². The number of nitrogens with zero attached hydrogens (tertiary/aromatic N) is 2. The predicted octanol–water partition coefficient (Wildman–Crippen LogP) is 3.37. The number of hydrogen-bond donors (Lipinski definition) is 0. The average Bonchev–Trinajstić information content (AvgIpc) is 2.83. The van der Waals surface area contributed by atoms with Crippen LogP contribution in [0.15, 0.2) is 22.9 Å². The molecule has 0 saturated heterocycles. The number of aromatic nitrogens is 2. The molecule has 2 nitrogen and oxygen atoms in total. The van der Waals surface area contributed by atoms with Crippen LogP contribution in [0.2, 0.25) is 0 Å². The van der Waals surface area contributed by atoms with Gasteiger partial charge in [0.05, 0.1) is 5.69 Å². The first kappa shape index (κ1) is 11.0. The van der Waals surface area contributed by atoms with Crippen molar-refractivity contribution in [3.8, 4) is 23.6 Å². The van der Waals surface area contributed by atoms with Gasteiger partial charge >= 0.3 is 0 Å². The number of rotatable bonds is 3. The Morgan fingerprint density at radius 2 is 2.38 bits per heavy atom. The van der Waals surface area contributed by atoms with Crippen molar-refractivity contribution in [2.45, 2.75) is 26.3 Å². The fourth-order valence-corrected chi connectivity index (χ4v) is 2.31. The van der Waals surface area contributed by atoms with Gasteiger partial charge in [-0.1, -0.05) is 19.8 Å². The van der Waals surface area contributed by atoms with Crippen LogP contribution in [0, 0.1) is 12.3 Å². The largest absolute Gasteiger partial charge is 0.257 e. The highest BCUT2D eigenvalue weighted by atomic mass is 32.1.